The van der Waals surface area contributed by atoms with Crippen LogP contribution in [0.2, 0.25) is 0 Å². The molecule has 3 aromatic carbocycles. The maximum Gasteiger partial charge on any atom is 0.341 e. The summed E-state index contributed by atoms with van der Waals surface area (Å²) in [6, 6.07) is 22.1. The highest BCUT2D eigenvalue weighted by Crippen LogP contribution is 2.24. The molecule has 3 aromatic rings. The molecule has 0 aliphatic heterocycles. The third kappa shape index (κ3) is 6.88. The van der Waals surface area contributed by atoms with Gasteiger partial charge in [-0.2, -0.15) is 0 Å². The Kier molecular flexibility index (Phi) is 9.13. The van der Waals surface area contributed by atoms with E-state index in [1.807, 2.05) is 60.7 Å². The predicted octanol–water partition coefficient (Wildman–Crippen LogP) is 4.82. The summed E-state index contributed by atoms with van der Waals surface area (Å²) in [5.41, 5.74) is 7.89. The van der Waals surface area contributed by atoms with Crippen LogP contribution in [0.3, 0.4) is 0 Å². The molecule has 0 bridgehead atoms. The normalized spacial score (nSPS) is 10.6. The van der Waals surface area contributed by atoms with Crippen molar-refractivity contribution in [2.24, 2.45) is 10.7 Å². The van der Waals surface area contributed by atoms with E-state index in [-0.39, 0.29) is 36.5 Å². The summed E-state index contributed by atoms with van der Waals surface area (Å²) < 4.78 is 15.8. The second kappa shape index (κ2) is 11.8. The third-order valence-electron chi connectivity index (χ3n) is 4.19. The molecule has 0 saturated carbocycles. The molecule has 0 radical (unpaired) electrons. The monoisotopic (exact) mass is 533 g/mol. The fraction of sp³-hybridized carbons (Fsp3) is 0.130. The Labute approximate surface area is 198 Å². The Hall–Kier alpha value is -3.27. The first-order valence-electron chi connectivity index (χ1n) is 9.24. The first-order chi connectivity index (χ1) is 14.6. The number of anilines is 1. The lowest BCUT2D eigenvalue weighted by molar-refractivity contribution is 0.0597. The Morgan fingerprint density at radius 3 is 2.42 bits per heavy atom. The topological polar surface area (TPSA) is 95.2 Å². The Morgan fingerprint density at radius 2 is 1.71 bits per heavy atom. The fourth-order valence-electron chi connectivity index (χ4n) is 2.75. The maximum absolute atomic E-state index is 11.9. The van der Waals surface area contributed by atoms with E-state index in [0.717, 1.165) is 17.0 Å². The van der Waals surface area contributed by atoms with E-state index >= 15 is 0 Å². The SMILES string of the molecule is COC(=O)c1cc(CN=C(N)Nc2cccc(Oc3ccccc3)c2)ccc1OC.I. The number of rotatable bonds is 7. The van der Waals surface area contributed by atoms with Crippen molar-refractivity contribution in [3.8, 4) is 17.2 Å². The van der Waals surface area contributed by atoms with Crippen LogP contribution in [0.1, 0.15) is 15.9 Å². The molecule has 3 rings (SSSR count). The molecule has 3 N–H and O–H groups in total. The number of benzene rings is 3. The minimum absolute atomic E-state index is 0. The van der Waals surface area contributed by atoms with E-state index in [9.17, 15) is 4.79 Å². The average molecular weight is 533 g/mol. The number of ether oxygens (including phenoxy) is 3. The summed E-state index contributed by atoms with van der Waals surface area (Å²) in [6.45, 7) is 0.285. The van der Waals surface area contributed by atoms with Crippen molar-refractivity contribution < 1.29 is 19.0 Å². The number of hydrogen-bond acceptors (Lipinski definition) is 5. The molecule has 0 saturated heterocycles. The highest BCUT2D eigenvalue weighted by atomic mass is 127. The minimum Gasteiger partial charge on any atom is -0.496 e. The smallest absolute Gasteiger partial charge is 0.341 e. The van der Waals surface area contributed by atoms with Gasteiger partial charge in [0.05, 0.1) is 20.8 Å². The van der Waals surface area contributed by atoms with Crippen molar-refractivity contribution in [1.82, 2.24) is 0 Å². The molecule has 0 fully saturated rings. The van der Waals surface area contributed by atoms with Gasteiger partial charge in [0, 0.05) is 11.8 Å². The zero-order valence-corrected chi connectivity index (χ0v) is 19.5. The largest absolute Gasteiger partial charge is 0.496 e. The highest BCUT2D eigenvalue weighted by molar-refractivity contribution is 14.0. The number of nitrogens with one attached hydrogen (secondary N) is 1. The average Bonchev–Trinajstić information content (AvgIpc) is 2.78. The molecule has 0 unspecified atom stereocenters. The zero-order chi connectivity index (χ0) is 21.3. The minimum atomic E-state index is -0.473. The van der Waals surface area contributed by atoms with Crippen LogP contribution in [0.5, 0.6) is 17.2 Å². The summed E-state index contributed by atoms with van der Waals surface area (Å²) >= 11 is 0. The standard InChI is InChI=1S/C23H23N3O4.HI/c1-28-21-12-11-16(13-20(21)22(27)29-2)15-25-23(24)26-17-7-6-10-19(14-17)30-18-8-4-3-5-9-18;/h3-14H,15H2,1-2H3,(H3,24,25,26);1H. The second-order valence-corrected chi connectivity index (χ2v) is 6.30. The number of hydrogen-bond donors (Lipinski definition) is 2. The molecule has 0 atom stereocenters. The summed E-state index contributed by atoms with van der Waals surface area (Å²) in [5.74, 6) is 1.63. The van der Waals surface area contributed by atoms with Crippen LogP contribution in [0.15, 0.2) is 77.8 Å². The van der Waals surface area contributed by atoms with Gasteiger partial charge in [0.15, 0.2) is 5.96 Å². The lowest BCUT2D eigenvalue weighted by Crippen LogP contribution is -2.22. The van der Waals surface area contributed by atoms with Gasteiger partial charge in [-0.3, -0.25) is 0 Å². The molecule has 0 aromatic heterocycles. The Balaban J connectivity index is 0.00000341. The summed E-state index contributed by atoms with van der Waals surface area (Å²) in [5, 5.41) is 3.04. The van der Waals surface area contributed by atoms with Crippen LogP contribution in [-0.2, 0) is 11.3 Å². The predicted molar refractivity (Wildman–Crippen MR) is 132 cm³/mol. The van der Waals surface area contributed by atoms with Gasteiger partial charge in [-0.1, -0.05) is 30.3 Å². The molecule has 7 nitrogen and oxygen atoms in total. The van der Waals surface area contributed by atoms with E-state index < -0.39 is 5.97 Å². The van der Waals surface area contributed by atoms with Crippen molar-refractivity contribution in [3.63, 3.8) is 0 Å². The van der Waals surface area contributed by atoms with Gasteiger partial charge in [-0.05, 0) is 42.0 Å². The maximum atomic E-state index is 11.9. The number of methoxy groups -OCH3 is 2. The van der Waals surface area contributed by atoms with Crippen molar-refractivity contribution in [2.75, 3.05) is 19.5 Å². The molecule has 31 heavy (non-hydrogen) atoms. The van der Waals surface area contributed by atoms with Gasteiger partial charge in [0.25, 0.3) is 0 Å². The van der Waals surface area contributed by atoms with Crippen molar-refractivity contribution >= 4 is 41.6 Å². The molecule has 0 aliphatic carbocycles. The van der Waals surface area contributed by atoms with Crippen molar-refractivity contribution in [2.45, 2.75) is 6.54 Å². The summed E-state index contributed by atoms with van der Waals surface area (Å²) in [7, 11) is 2.82. The molecule has 0 heterocycles. The van der Waals surface area contributed by atoms with Crippen LogP contribution >= 0.6 is 24.0 Å². The van der Waals surface area contributed by atoms with E-state index in [1.165, 1.54) is 14.2 Å². The first kappa shape index (κ1) is 24.0. The Bertz CT molecular complexity index is 1040. The number of carbonyl (C=O) groups is 1. The second-order valence-electron chi connectivity index (χ2n) is 6.30. The fourth-order valence-corrected chi connectivity index (χ4v) is 2.75. The van der Waals surface area contributed by atoms with Gasteiger partial charge in [0.1, 0.15) is 22.8 Å². The van der Waals surface area contributed by atoms with Crippen LogP contribution < -0.4 is 20.5 Å². The number of nitrogens with two attached hydrogens (primary N) is 1. The van der Waals surface area contributed by atoms with Gasteiger partial charge in [-0.15, -0.1) is 24.0 Å². The molecule has 162 valence electrons. The lowest BCUT2D eigenvalue weighted by Gasteiger charge is -2.10. The highest BCUT2D eigenvalue weighted by Gasteiger charge is 2.13. The van der Waals surface area contributed by atoms with Crippen LogP contribution in [0.25, 0.3) is 0 Å². The van der Waals surface area contributed by atoms with E-state index in [2.05, 4.69) is 10.3 Å². The Morgan fingerprint density at radius 1 is 0.968 bits per heavy atom. The lowest BCUT2D eigenvalue weighted by atomic mass is 10.1. The third-order valence-corrected chi connectivity index (χ3v) is 4.19. The number of halogens is 1. The summed E-state index contributed by atoms with van der Waals surface area (Å²) in [6.07, 6.45) is 0. The number of aliphatic imine (C=N–C) groups is 1. The number of guanidine groups is 1. The molecule has 8 heteroatoms. The summed E-state index contributed by atoms with van der Waals surface area (Å²) in [4.78, 5) is 16.2. The molecule has 0 spiro atoms. The van der Waals surface area contributed by atoms with Crippen molar-refractivity contribution in [3.05, 3.63) is 83.9 Å². The quantitative estimate of drug-likeness (QED) is 0.196. The molecular weight excluding hydrogens is 509 g/mol. The number of para-hydroxylation sites is 1. The first-order valence-corrected chi connectivity index (χ1v) is 9.24. The number of esters is 1. The molecular formula is C23H24IN3O4. The number of nitrogens with zero attached hydrogens (tertiary/aromatic N) is 1. The van der Waals surface area contributed by atoms with E-state index in [1.54, 1.807) is 12.1 Å². The molecule has 0 aliphatic rings. The van der Waals surface area contributed by atoms with Crippen LogP contribution in [-0.4, -0.2) is 26.1 Å². The zero-order valence-electron chi connectivity index (χ0n) is 17.2. The number of carbonyl (C=O) groups excluding carboxylic acids is 1. The van der Waals surface area contributed by atoms with E-state index in [4.69, 9.17) is 19.9 Å². The molecule has 0 amide bonds. The van der Waals surface area contributed by atoms with Crippen LogP contribution in [0.4, 0.5) is 5.69 Å². The van der Waals surface area contributed by atoms with Gasteiger partial charge in [-0.25, -0.2) is 9.79 Å². The van der Waals surface area contributed by atoms with E-state index in [0.29, 0.717) is 17.1 Å². The van der Waals surface area contributed by atoms with Crippen LogP contribution in [0, 0.1) is 0 Å². The van der Waals surface area contributed by atoms with Gasteiger partial charge >= 0.3 is 5.97 Å². The van der Waals surface area contributed by atoms with Gasteiger partial charge in [0.2, 0.25) is 0 Å². The van der Waals surface area contributed by atoms with Crippen molar-refractivity contribution in [1.29, 1.82) is 0 Å². The van der Waals surface area contributed by atoms with Gasteiger partial charge < -0.3 is 25.3 Å².